The molecule has 2 N–H and O–H groups in total. The lowest BCUT2D eigenvalue weighted by molar-refractivity contribution is -0.137. The molecule has 0 saturated heterocycles. The molecule has 0 heterocycles. The van der Waals surface area contributed by atoms with Gasteiger partial charge in [-0.05, 0) is 35.9 Å². The number of carboxylic acid groups (broad SMARTS) is 1. The van der Waals surface area contributed by atoms with Crippen molar-refractivity contribution in [3.63, 3.8) is 0 Å². The largest absolute Gasteiger partial charge is 0.497 e. The fourth-order valence-corrected chi connectivity index (χ4v) is 2.77. The predicted molar refractivity (Wildman–Crippen MR) is 93.8 cm³/mol. The Balaban J connectivity index is 2.10. The molecule has 2 aromatic carbocycles. The van der Waals surface area contributed by atoms with E-state index in [2.05, 4.69) is 5.32 Å². The number of thiol groups is 1. The lowest BCUT2D eigenvalue weighted by atomic mass is 10.1. The first-order valence-corrected chi connectivity index (χ1v) is 8.28. The van der Waals surface area contributed by atoms with E-state index in [1.54, 1.807) is 7.11 Å². The monoisotopic (exact) mass is 371 g/mol. The summed E-state index contributed by atoms with van der Waals surface area (Å²) in [7, 11) is 1.57. The summed E-state index contributed by atoms with van der Waals surface area (Å²) in [6.07, 6.45) is -4.53. The van der Waals surface area contributed by atoms with Gasteiger partial charge in [0.2, 0.25) is 0 Å². The standard InChI is InChI=1S/C17H16F3NO3S/c1-24-13-5-2-11(3-6-13)9-25-10-21-15-8-12(17(18,19)20)4-7-14(15)16(22)23/h2-8,10,21,25H,9H2,1H3,(H,22,23). The smallest absolute Gasteiger partial charge is 0.416 e. The Labute approximate surface area is 146 Å². The number of carbonyl (C=O) groups is 1. The van der Waals surface area contributed by atoms with E-state index >= 15 is 0 Å². The molecule has 0 amide bonds. The van der Waals surface area contributed by atoms with E-state index in [1.165, 1.54) is 5.49 Å². The van der Waals surface area contributed by atoms with Crippen molar-refractivity contribution in [1.82, 2.24) is 0 Å². The van der Waals surface area contributed by atoms with E-state index in [9.17, 15) is 18.0 Å². The van der Waals surface area contributed by atoms with Crippen molar-refractivity contribution in [2.45, 2.75) is 11.9 Å². The van der Waals surface area contributed by atoms with Crippen molar-refractivity contribution in [1.29, 1.82) is 0 Å². The average molecular weight is 371 g/mol. The van der Waals surface area contributed by atoms with Gasteiger partial charge >= 0.3 is 12.1 Å². The molecular formula is C17H16F3NO3S. The van der Waals surface area contributed by atoms with E-state index in [0.717, 1.165) is 40.9 Å². The van der Waals surface area contributed by atoms with Crippen LogP contribution in [0.15, 0.2) is 42.5 Å². The Morgan fingerprint density at radius 3 is 2.48 bits per heavy atom. The number of benzene rings is 2. The molecule has 2 rings (SSSR count). The van der Waals surface area contributed by atoms with Crippen LogP contribution in [0.3, 0.4) is 0 Å². The molecule has 0 fully saturated rings. The van der Waals surface area contributed by atoms with Crippen LogP contribution in [0.5, 0.6) is 5.75 Å². The van der Waals surface area contributed by atoms with Crippen molar-refractivity contribution in [2.24, 2.45) is 0 Å². The molecule has 0 unspecified atom stereocenters. The maximum atomic E-state index is 12.8. The normalized spacial score (nSPS) is 11.8. The lowest BCUT2D eigenvalue weighted by Gasteiger charge is -2.11. The van der Waals surface area contributed by atoms with Gasteiger partial charge in [-0.2, -0.15) is 24.5 Å². The number of alkyl halides is 3. The number of carboxylic acids is 1. The molecule has 0 spiro atoms. The van der Waals surface area contributed by atoms with Crippen LogP contribution in [0, 0.1) is 0 Å². The van der Waals surface area contributed by atoms with Gasteiger partial charge in [0.1, 0.15) is 5.75 Å². The van der Waals surface area contributed by atoms with Crippen LogP contribution in [0.4, 0.5) is 18.9 Å². The fourth-order valence-electron chi connectivity index (χ4n) is 2.02. The second kappa shape index (κ2) is 8.06. The first kappa shape index (κ1) is 18.9. The first-order chi connectivity index (χ1) is 11.8. The fraction of sp³-hybridized carbons (Fsp3) is 0.176. The third-order valence-electron chi connectivity index (χ3n) is 3.32. The van der Waals surface area contributed by atoms with Gasteiger partial charge in [0.05, 0.1) is 23.9 Å². The topological polar surface area (TPSA) is 58.6 Å². The van der Waals surface area contributed by atoms with Crippen LogP contribution in [-0.2, 0) is 11.9 Å². The van der Waals surface area contributed by atoms with Crippen molar-refractivity contribution in [3.05, 3.63) is 59.2 Å². The number of methoxy groups -OCH3 is 1. The minimum Gasteiger partial charge on any atom is -0.497 e. The third-order valence-corrected chi connectivity index (χ3v) is 4.18. The van der Waals surface area contributed by atoms with Crippen LogP contribution in [0.1, 0.15) is 21.5 Å². The highest BCUT2D eigenvalue weighted by Gasteiger charge is 2.31. The van der Waals surface area contributed by atoms with E-state index in [-0.39, 0.29) is 11.3 Å². The summed E-state index contributed by atoms with van der Waals surface area (Å²) in [4.78, 5) is 11.1. The molecular weight excluding hydrogens is 355 g/mol. The Morgan fingerprint density at radius 1 is 1.24 bits per heavy atom. The highest BCUT2D eigenvalue weighted by molar-refractivity contribution is 7.96. The second-order valence-electron chi connectivity index (χ2n) is 5.03. The molecule has 134 valence electrons. The Morgan fingerprint density at radius 2 is 1.92 bits per heavy atom. The first-order valence-electron chi connectivity index (χ1n) is 7.13. The van der Waals surface area contributed by atoms with E-state index < -0.39 is 17.7 Å². The van der Waals surface area contributed by atoms with Crippen LogP contribution < -0.4 is 10.1 Å². The van der Waals surface area contributed by atoms with Crippen molar-refractivity contribution in [3.8, 4) is 5.75 Å². The van der Waals surface area contributed by atoms with Gasteiger partial charge in [-0.25, -0.2) is 4.79 Å². The average Bonchev–Trinajstić information content (AvgIpc) is 2.58. The minimum atomic E-state index is -4.53. The van der Waals surface area contributed by atoms with Gasteiger partial charge in [0.15, 0.2) is 0 Å². The van der Waals surface area contributed by atoms with Crippen LogP contribution >= 0.6 is 11.4 Å². The number of ether oxygens (including phenoxy) is 1. The minimum absolute atomic E-state index is 0.0930. The molecule has 0 aliphatic rings. The number of halogens is 3. The zero-order valence-corrected chi connectivity index (χ0v) is 14.1. The quantitative estimate of drug-likeness (QED) is 0.525. The molecule has 0 atom stereocenters. The highest BCUT2D eigenvalue weighted by atomic mass is 32.1. The number of hydrogen-bond donors (Lipinski definition) is 3. The van der Waals surface area contributed by atoms with Gasteiger partial charge in [-0.3, -0.25) is 0 Å². The van der Waals surface area contributed by atoms with Crippen molar-refractivity contribution < 1.29 is 27.8 Å². The molecule has 0 aliphatic carbocycles. The number of anilines is 1. The Bertz CT molecular complexity index is 774. The van der Waals surface area contributed by atoms with E-state index in [0.29, 0.717) is 5.75 Å². The summed E-state index contributed by atoms with van der Waals surface area (Å²) >= 11 is 0.776. The van der Waals surface area contributed by atoms with Gasteiger partial charge in [0.25, 0.3) is 0 Å². The van der Waals surface area contributed by atoms with Crippen LogP contribution in [-0.4, -0.2) is 23.7 Å². The summed E-state index contributed by atoms with van der Waals surface area (Å²) in [5.74, 6) is 0.0623. The Kier molecular flexibility index (Phi) is 6.08. The molecule has 4 nitrogen and oxygen atoms in total. The molecule has 0 aliphatic heterocycles. The molecule has 0 aromatic heterocycles. The summed E-state index contributed by atoms with van der Waals surface area (Å²) in [5, 5.41) is 11.8. The van der Waals surface area contributed by atoms with Gasteiger partial charge in [0, 0.05) is 11.2 Å². The molecule has 0 radical (unpaired) electrons. The van der Waals surface area contributed by atoms with Crippen molar-refractivity contribution in [2.75, 3.05) is 12.4 Å². The summed E-state index contributed by atoms with van der Waals surface area (Å²) < 4.78 is 43.4. The summed E-state index contributed by atoms with van der Waals surface area (Å²) in [6, 6.07) is 9.88. The number of rotatable bonds is 6. The van der Waals surface area contributed by atoms with Gasteiger partial charge in [-0.15, -0.1) is 0 Å². The molecule has 0 saturated carbocycles. The SMILES string of the molecule is COc1ccc(C[SH]=CNc2cc(C(F)(F)F)ccc2C(=O)O)cc1. The lowest BCUT2D eigenvalue weighted by Crippen LogP contribution is -2.09. The van der Waals surface area contributed by atoms with Crippen LogP contribution in [0.2, 0.25) is 0 Å². The third kappa shape index (κ3) is 5.25. The van der Waals surface area contributed by atoms with Gasteiger partial charge in [-0.1, -0.05) is 12.1 Å². The number of nitrogens with one attached hydrogen (secondary N) is 1. The molecule has 2 aromatic rings. The van der Waals surface area contributed by atoms with E-state index in [4.69, 9.17) is 9.84 Å². The summed E-state index contributed by atoms with van der Waals surface area (Å²) in [5.41, 5.74) is 1.32. The van der Waals surface area contributed by atoms with E-state index in [1.807, 2.05) is 24.3 Å². The molecule has 25 heavy (non-hydrogen) atoms. The number of aromatic carboxylic acids is 1. The van der Waals surface area contributed by atoms with Crippen LogP contribution in [0.25, 0.3) is 0 Å². The number of hydrogen-bond acceptors (Lipinski definition) is 2. The zero-order chi connectivity index (χ0) is 18.4. The second-order valence-corrected chi connectivity index (χ2v) is 5.97. The van der Waals surface area contributed by atoms with Crippen molar-refractivity contribution >= 4 is 28.5 Å². The predicted octanol–water partition coefficient (Wildman–Crippen LogP) is 4.25. The van der Waals surface area contributed by atoms with Gasteiger partial charge < -0.3 is 15.2 Å². The highest BCUT2D eigenvalue weighted by Crippen LogP contribution is 2.32. The maximum Gasteiger partial charge on any atom is 0.416 e. The molecule has 0 bridgehead atoms. The zero-order valence-electron chi connectivity index (χ0n) is 13.2. The summed E-state index contributed by atoms with van der Waals surface area (Å²) in [6.45, 7) is 0. The molecule has 8 heteroatoms. The maximum absolute atomic E-state index is 12.8. The Hall–Kier alpha value is -2.48.